The van der Waals surface area contributed by atoms with Crippen LogP contribution < -0.4 is 0 Å². The molecule has 0 saturated carbocycles. The Morgan fingerprint density at radius 2 is 0.500 bits per heavy atom. The molecule has 0 atom stereocenters. The van der Waals surface area contributed by atoms with Gasteiger partial charge in [-0.3, -0.25) is 0 Å². The summed E-state index contributed by atoms with van der Waals surface area (Å²) in [5.74, 6) is 0. The molecule has 0 bridgehead atoms. The van der Waals surface area contributed by atoms with Gasteiger partial charge in [0.2, 0.25) is 0 Å². The van der Waals surface area contributed by atoms with Crippen molar-refractivity contribution in [1.82, 2.24) is 0 Å². The zero-order valence-electron chi connectivity index (χ0n) is 25.1. The monoisotopic (exact) mass is 536 g/mol. The summed E-state index contributed by atoms with van der Waals surface area (Å²) in [6.07, 6.45) is 0. The Labute approximate surface area is 245 Å². The van der Waals surface area contributed by atoms with Gasteiger partial charge in [0.05, 0.1) is 0 Å². The Kier molecular flexibility index (Phi) is 4.56. The van der Waals surface area contributed by atoms with Crippen LogP contribution >= 0.6 is 0 Å². The van der Waals surface area contributed by atoms with E-state index in [1.807, 2.05) is 13.8 Å². The van der Waals surface area contributed by atoms with Crippen LogP contribution in [0.25, 0.3) is 97.0 Å². The summed E-state index contributed by atoms with van der Waals surface area (Å²) < 4.78 is 0. The lowest BCUT2D eigenvalue weighted by Crippen LogP contribution is -1.96. The first-order chi connectivity index (χ1) is 20.5. The molecule has 0 aliphatic heterocycles. The second kappa shape index (κ2) is 7.99. The molecule has 10 aromatic carbocycles. The third kappa shape index (κ3) is 2.74. The first-order valence-corrected chi connectivity index (χ1v) is 15.4. The molecule has 10 rings (SSSR count). The highest BCUT2D eigenvalue weighted by Gasteiger charge is 2.25. The summed E-state index contributed by atoms with van der Waals surface area (Å²) in [7, 11) is 0. The number of rotatable bonds is 0. The molecule has 0 N–H and O–H groups in total. The van der Waals surface area contributed by atoms with Crippen molar-refractivity contribution >= 4 is 97.0 Å². The van der Waals surface area contributed by atoms with Crippen molar-refractivity contribution in [1.29, 1.82) is 0 Å². The maximum atomic E-state index is 2.43. The molecule has 0 aliphatic rings. The second-order valence-corrected chi connectivity index (χ2v) is 12.4. The topological polar surface area (TPSA) is 0 Å². The zero-order chi connectivity index (χ0) is 28.6. The average Bonchev–Trinajstić information content (AvgIpc) is 3.00. The van der Waals surface area contributed by atoms with E-state index in [9.17, 15) is 0 Å². The van der Waals surface area contributed by atoms with Crippen LogP contribution in [-0.2, 0) is 0 Å². The predicted molar refractivity (Wildman–Crippen MR) is 188 cm³/mol. The van der Waals surface area contributed by atoms with Crippen molar-refractivity contribution in [2.75, 3.05) is 0 Å². The molecule has 0 saturated heterocycles. The fourth-order valence-corrected chi connectivity index (χ4v) is 8.33. The van der Waals surface area contributed by atoms with Gasteiger partial charge >= 0.3 is 0 Å². The van der Waals surface area contributed by atoms with Gasteiger partial charge in [-0.25, -0.2) is 0 Å². The molecule has 0 heteroatoms. The zero-order valence-corrected chi connectivity index (χ0v) is 25.1. The Morgan fingerprint density at radius 1 is 0.238 bits per heavy atom. The number of hydrogen-bond acceptors (Lipinski definition) is 0. The summed E-state index contributed by atoms with van der Waals surface area (Å²) in [5, 5.41) is 25.1. The van der Waals surface area contributed by atoms with E-state index in [1.165, 1.54) is 119 Å². The first-order valence-electron chi connectivity index (χ1n) is 15.4. The molecule has 0 nitrogen and oxygen atoms in total. The van der Waals surface area contributed by atoms with Crippen molar-refractivity contribution < 1.29 is 0 Å². The summed E-state index contributed by atoms with van der Waals surface area (Å²) in [5.41, 5.74) is 5.27. The van der Waals surface area contributed by atoms with E-state index in [0.717, 1.165) is 0 Å². The fraction of sp³-hybridized carbons (Fsp3) is 0.143. The summed E-state index contributed by atoms with van der Waals surface area (Å²) in [6.45, 7) is 12.9. The van der Waals surface area contributed by atoms with Gasteiger partial charge in [0.1, 0.15) is 0 Å². The summed E-state index contributed by atoms with van der Waals surface area (Å²) >= 11 is 0. The maximum Gasteiger partial charge on any atom is -0.000718 e. The van der Waals surface area contributed by atoms with Gasteiger partial charge in [-0.2, -0.15) is 0 Å². The molecule has 0 aromatic heterocycles. The Bertz CT molecular complexity index is 2530. The molecule has 200 valence electrons. The minimum atomic E-state index is 1.31. The highest BCUT2D eigenvalue weighted by atomic mass is 14.3. The molecule has 0 heterocycles. The third-order valence-electron chi connectivity index (χ3n) is 9.82. The van der Waals surface area contributed by atoms with E-state index >= 15 is 0 Å². The van der Waals surface area contributed by atoms with Gasteiger partial charge in [-0.1, -0.05) is 110 Å². The van der Waals surface area contributed by atoms with Crippen LogP contribution in [0.2, 0.25) is 0 Å². The first kappa shape index (κ1) is 24.0. The molecule has 10 aromatic rings. The van der Waals surface area contributed by atoms with Crippen LogP contribution in [0.4, 0.5) is 0 Å². The minimum Gasteiger partial charge on any atom is -0.0683 e. The van der Waals surface area contributed by atoms with Crippen molar-refractivity contribution in [3.05, 3.63) is 107 Å². The van der Waals surface area contributed by atoms with Crippen LogP contribution in [0.5, 0.6) is 0 Å². The SMILES string of the molecule is CC.Cc1ccc2c(c1)c1cc(C)cc3c4ccc5c6ccc(C)cc6c6cc(C)cc7c8ccc2c(c13)c8c4c5c67. The standard InChI is InChI=1S/C40H26.C2H6/c1-19-5-7-23-25-9-11-28-32-16-22(4)18-34-30-14-20(2)6-8-24(30)26-10-12-27-31-15-21(3)17-33(29(23)13-19)35(31)37(25)39(28)40(27)38(26)36(32)34;1-2/h5-18H,1-4H3;1-2H3. The summed E-state index contributed by atoms with van der Waals surface area (Å²) in [6, 6.07) is 33.4. The lowest BCUT2D eigenvalue weighted by molar-refractivity contribution is 1.50. The number of aryl methyl sites for hydroxylation is 4. The van der Waals surface area contributed by atoms with E-state index < -0.39 is 0 Å². The predicted octanol–water partition coefficient (Wildman–Crippen LogP) is 12.6. The third-order valence-corrected chi connectivity index (χ3v) is 9.82. The van der Waals surface area contributed by atoms with Crippen molar-refractivity contribution in [2.45, 2.75) is 41.5 Å². The molecule has 0 spiro atoms. The number of hydrogen-bond donors (Lipinski definition) is 0. The van der Waals surface area contributed by atoms with Gasteiger partial charge in [0, 0.05) is 0 Å². The second-order valence-electron chi connectivity index (χ2n) is 12.4. The van der Waals surface area contributed by atoms with E-state index in [4.69, 9.17) is 0 Å². The largest absolute Gasteiger partial charge is 0.0683 e. The lowest BCUT2D eigenvalue weighted by atomic mass is 9.78. The fourth-order valence-electron chi connectivity index (χ4n) is 8.33. The van der Waals surface area contributed by atoms with Gasteiger partial charge in [0.25, 0.3) is 0 Å². The normalized spacial score (nSPS) is 12.5. The minimum absolute atomic E-state index is 1.31. The van der Waals surface area contributed by atoms with Gasteiger partial charge in [0.15, 0.2) is 0 Å². The Balaban J connectivity index is 0.00000123. The van der Waals surface area contributed by atoms with Crippen molar-refractivity contribution in [3.8, 4) is 0 Å². The number of benzene rings is 10. The Hall–Kier alpha value is -4.68. The van der Waals surface area contributed by atoms with Gasteiger partial charge < -0.3 is 0 Å². The van der Waals surface area contributed by atoms with E-state index in [1.54, 1.807) is 0 Å². The van der Waals surface area contributed by atoms with Crippen LogP contribution in [0.3, 0.4) is 0 Å². The van der Waals surface area contributed by atoms with Crippen LogP contribution in [0.1, 0.15) is 36.1 Å². The highest BCUT2D eigenvalue weighted by Crippen LogP contribution is 2.53. The molecule has 0 unspecified atom stereocenters. The quantitative estimate of drug-likeness (QED) is 0.134. The molecule has 0 amide bonds. The van der Waals surface area contributed by atoms with Gasteiger partial charge in [-0.05, 0) is 136 Å². The van der Waals surface area contributed by atoms with Crippen molar-refractivity contribution in [2.24, 2.45) is 0 Å². The molecule has 42 heavy (non-hydrogen) atoms. The smallest absolute Gasteiger partial charge is 0.000718 e. The molecule has 0 fully saturated rings. The summed E-state index contributed by atoms with van der Waals surface area (Å²) in [4.78, 5) is 0. The van der Waals surface area contributed by atoms with E-state index in [0.29, 0.717) is 0 Å². The highest BCUT2D eigenvalue weighted by molar-refractivity contribution is 6.51. The number of fused-ring (bicyclic) bond motifs is 8. The molecule has 0 aliphatic carbocycles. The molecular weight excluding hydrogens is 504 g/mol. The lowest BCUT2D eigenvalue weighted by Gasteiger charge is -2.24. The molecular formula is C42H32. The van der Waals surface area contributed by atoms with Crippen LogP contribution in [0.15, 0.2) is 84.9 Å². The molecule has 0 radical (unpaired) electrons. The van der Waals surface area contributed by atoms with E-state index in [2.05, 4.69) is 113 Å². The van der Waals surface area contributed by atoms with Gasteiger partial charge in [-0.15, -0.1) is 0 Å². The Morgan fingerprint density at radius 3 is 0.881 bits per heavy atom. The average molecular weight is 537 g/mol. The van der Waals surface area contributed by atoms with Crippen LogP contribution in [0, 0.1) is 27.7 Å². The van der Waals surface area contributed by atoms with Crippen molar-refractivity contribution in [3.63, 3.8) is 0 Å². The van der Waals surface area contributed by atoms with E-state index in [-0.39, 0.29) is 0 Å². The van der Waals surface area contributed by atoms with Crippen LogP contribution in [-0.4, -0.2) is 0 Å². The maximum absolute atomic E-state index is 2.43.